The highest BCUT2D eigenvalue weighted by atomic mass is 35.5. The van der Waals surface area contributed by atoms with Crippen molar-refractivity contribution < 1.29 is 0 Å². The van der Waals surface area contributed by atoms with Crippen LogP contribution in [0.5, 0.6) is 0 Å². The number of nitrogens with one attached hydrogen (secondary N) is 2. The maximum absolute atomic E-state index is 6.01. The van der Waals surface area contributed by atoms with Crippen LogP contribution in [0, 0.1) is 0 Å². The molecule has 2 atom stereocenters. The van der Waals surface area contributed by atoms with Gasteiger partial charge in [0.1, 0.15) is 6.17 Å². The highest BCUT2D eigenvalue weighted by molar-refractivity contribution is 6.30. The van der Waals surface area contributed by atoms with Crippen molar-refractivity contribution >= 4 is 23.5 Å². The SMILES string of the molecule is Clc1ccc(NC2(c3ccccc3)C=NC(c3ccccc3)N2)cc1. The number of hydrogen-bond acceptors (Lipinski definition) is 3. The lowest BCUT2D eigenvalue weighted by molar-refractivity contribution is 0.473. The van der Waals surface area contributed by atoms with Gasteiger partial charge in [0.15, 0.2) is 5.66 Å². The molecule has 1 aliphatic heterocycles. The Morgan fingerprint density at radius 1 is 0.840 bits per heavy atom. The second-order valence-electron chi connectivity index (χ2n) is 6.04. The second kappa shape index (κ2) is 6.71. The maximum Gasteiger partial charge on any atom is 0.153 e. The summed E-state index contributed by atoms with van der Waals surface area (Å²) in [5, 5.41) is 7.93. The van der Waals surface area contributed by atoms with Crippen LogP contribution >= 0.6 is 11.6 Å². The van der Waals surface area contributed by atoms with E-state index in [1.54, 1.807) is 0 Å². The van der Waals surface area contributed by atoms with Crippen molar-refractivity contribution in [2.45, 2.75) is 11.8 Å². The molecule has 124 valence electrons. The quantitative estimate of drug-likeness (QED) is 0.698. The van der Waals surface area contributed by atoms with Gasteiger partial charge in [0.25, 0.3) is 0 Å². The van der Waals surface area contributed by atoms with Crippen molar-refractivity contribution in [1.29, 1.82) is 0 Å². The summed E-state index contributed by atoms with van der Waals surface area (Å²) in [5.41, 5.74) is 2.64. The molecule has 1 heterocycles. The molecule has 3 nitrogen and oxygen atoms in total. The lowest BCUT2D eigenvalue weighted by atomic mass is 10.00. The van der Waals surface area contributed by atoms with E-state index in [0.29, 0.717) is 0 Å². The standard InChI is InChI=1S/C21H18ClN3/c22-18-11-13-19(14-12-18)24-21(17-9-5-2-6-10-17)15-23-20(25-21)16-7-3-1-4-8-16/h1-15,20,24-25H. The number of benzene rings is 3. The molecule has 0 amide bonds. The van der Waals surface area contributed by atoms with Crippen LogP contribution in [0.1, 0.15) is 17.3 Å². The average Bonchev–Trinajstić information content (AvgIpc) is 3.11. The van der Waals surface area contributed by atoms with E-state index in [-0.39, 0.29) is 6.17 Å². The molecule has 4 heteroatoms. The van der Waals surface area contributed by atoms with E-state index >= 15 is 0 Å². The molecule has 3 aromatic carbocycles. The summed E-state index contributed by atoms with van der Waals surface area (Å²) in [4.78, 5) is 4.72. The number of anilines is 1. The highest BCUT2D eigenvalue weighted by Crippen LogP contribution is 2.32. The van der Waals surface area contributed by atoms with Crippen LogP contribution in [0.25, 0.3) is 0 Å². The third-order valence-corrected chi connectivity index (χ3v) is 4.56. The van der Waals surface area contributed by atoms with E-state index < -0.39 is 5.66 Å². The second-order valence-corrected chi connectivity index (χ2v) is 6.48. The minimum Gasteiger partial charge on any atom is -0.359 e. The zero-order valence-electron chi connectivity index (χ0n) is 13.6. The lowest BCUT2D eigenvalue weighted by Crippen LogP contribution is -2.47. The molecular formula is C21H18ClN3. The van der Waals surface area contributed by atoms with Crippen LogP contribution in [0.3, 0.4) is 0 Å². The number of nitrogens with zero attached hydrogens (tertiary/aromatic N) is 1. The van der Waals surface area contributed by atoms with Gasteiger partial charge in [0, 0.05) is 16.9 Å². The van der Waals surface area contributed by atoms with Gasteiger partial charge in [-0.3, -0.25) is 10.3 Å². The molecule has 0 aliphatic carbocycles. The Morgan fingerprint density at radius 3 is 2.16 bits per heavy atom. The van der Waals surface area contributed by atoms with Crippen molar-refractivity contribution in [1.82, 2.24) is 5.32 Å². The largest absolute Gasteiger partial charge is 0.359 e. The van der Waals surface area contributed by atoms with Crippen LogP contribution in [-0.4, -0.2) is 6.21 Å². The van der Waals surface area contributed by atoms with Crippen molar-refractivity contribution in [2.24, 2.45) is 4.99 Å². The molecular weight excluding hydrogens is 330 g/mol. The Kier molecular flexibility index (Phi) is 4.26. The molecule has 0 radical (unpaired) electrons. The summed E-state index contributed by atoms with van der Waals surface area (Å²) in [7, 11) is 0. The van der Waals surface area contributed by atoms with E-state index in [1.165, 1.54) is 0 Å². The number of rotatable bonds is 4. The minimum absolute atomic E-state index is 0.0961. The van der Waals surface area contributed by atoms with Gasteiger partial charge >= 0.3 is 0 Å². The third-order valence-electron chi connectivity index (χ3n) is 4.31. The first kappa shape index (κ1) is 15.9. The van der Waals surface area contributed by atoms with Crippen molar-refractivity contribution in [3.63, 3.8) is 0 Å². The van der Waals surface area contributed by atoms with E-state index in [9.17, 15) is 0 Å². The Balaban J connectivity index is 1.69. The van der Waals surface area contributed by atoms with Crippen molar-refractivity contribution in [3.05, 3.63) is 101 Å². The smallest absolute Gasteiger partial charge is 0.153 e. The first-order chi connectivity index (χ1) is 12.3. The van der Waals surface area contributed by atoms with Gasteiger partial charge in [-0.15, -0.1) is 0 Å². The topological polar surface area (TPSA) is 36.4 Å². The number of hydrogen-bond donors (Lipinski definition) is 2. The Labute approximate surface area is 152 Å². The van der Waals surface area contributed by atoms with Gasteiger partial charge in [-0.05, 0) is 35.4 Å². The highest BCUT2D eigenvalue weighted by Gasteiger charge is 2.37. The molecule has 4 rings (SSSR count). The van der Waals surface area contributed by atoms with Gasteiger partial charge in [-0.25, -0.2) is 0 Å². The lowest BCUT2D eigenvalue weighted by Gasteiger charge is -2.31. The molecule has 2 N–H and O–H groups in total. The van der Waals surface area contributed by atoms with Crippen molar-refractivity contribution in [2.75, 3.05) is 5.32 Å². The molecule has 0 saturated heterocycles. The molecule has 0 spiro atoms. The van der Waals surface area contributed by atoms with Gasteiger partial charge in [0.05, 0.1) is 0 Å². The van der Waals surface area contributed by atoms with Crippen LogP contribution < -0.4 is 10.6 Å². The fourth-order valence-electron chi connectivity index (χ4n) is 3.04. The van der Waals surface area contributed by atoms with E-state index in [0.717, 1.165) is 21.8 Å². The first-order valence-electron chi connectivity index (χ1n) is 8.21. The van der Waals surface area contributed by atoms with Crippen LogP contribution in [0.2, 0.25) is 5.02 Å². The predicted octanol–water partition coefficient (Wildman–Crippen LogP) is 4.98. The van der Waals surface area contributed by atoms with E-state index in [2.05, 4.69) is 34.9 Å². The summed E-state index contributed by atoms with van der Waals surface area (Å²) >= 11 is 6.01. The molecule has 2 unspecified atom stereocenters. The van der Waals surface area contributed by atoms with E-state index in [4.69, 9.17) is 16.6 Å². The zero-order chi connectivity index (χ0) is 17.1. The molecule has 0 saturated carbocycles. The fourth-order valence-corrected chi connectivity index (χ4v) is 3.17. The Morgan fingerprint density at radius 2 is 1.48 bits per heavy atom. The first-order valence-corrected chi connectivity index (χ1v) is 8.59. The van der Waals surface area contributed by atoms with Gasteiger partial charge in [0.2, 0.25) is 0 Å². The third kappa shape index (κ3) is 3.29. The molecule has 0 bridgehead atoms. The molecule has 25 heavy (non-hydrogen) atoms. The van der Waals surface area contributed by atoms with Crippen molar-refractivity contribution in [3.8, 4) is 0 Å². The Bertz CT molecular complexity index is 863. The summed E-state index contributed by atoms with van der Waals surface area (Å²) in [5.74, 6) is 0. The van der Waals surface area contributed by atoms with Crippen LogP contribution in [0.4, 0.5) is 5.69 Å². The summed E-state index contributed by atoms with van der Waals surface area (Å²) in [6.07, 6.45) is 1.86. The van der Waals surface area contributed by atoms with Crippen LogP contribution in [-0.2, 0) is 5.66 Å². The summed E-state index contributed by atoms with van der Waals surface area (Å²) < 4.78 is 0. The maximum atomic E-state index is 6.01. The van der Waals surface area contributed by atoms with E-state index in [1.807, 2.05) is 66.9 Å². The van der Waals surface area contributed by atoms with Gasteiger partial charge in [-0.1, -0.05) is 72.3 Å². The van der Waals surface area contributed by atoms with Gasteiger partial charge in [-0.2, -0.15) is 0 Å². The number of aliphatic imine (C=N–C) groups is 1. The summed E-state index contributed by atoms with van der Waals surface area (Å²) in [6, 6.07) is 28.2. The molecule has 0 aromatic heterocycles. The predicted molar refractivity (Wildman–Crippen MR) is 104 cm³/mol. The molecule has 0 fully saturated rings. The monoisotopic (exact) mass is 347 g/mol. The number of halogens is 1. The zero-order valence-corrected chi connectivity index (χ0v) is 14.3. The average molecular weight is 348 g/mol. The molecule has 3 aromatic rings. The Hall–Kier alpha value is -2.62. The van der Waals surface area contributed by atoms with Gasteiger partial charge < -0.3 is 5.32 Å². The summed E-state index contributed by atoms with van der Waals surface area (Å²) in [6.45, 7) is 0. The molecule has 1 aliphatic rings. The fraction of sp³-hybridized carbons (Fsp3) is 0.0952. The van der Waals surface area contributed by atoms with Crippen LogP contribution in [0.15, 0.2) is 89.9 Å². The minimum atomic E-state index is -0.574. The normalized spacial score (nSPS) is 22.0.